The number of carbonyl (C=O) groups excluding carboxylic acids is 2. The first kappa shape index (κ1) is 20.9. The molecule has 2 aromatic rings. The van der Waals surface area contributed by atoms with Gasteiger partial charge in [-0.2, -0.15) is 13.2 Å². The van der Waals surface area contributed by atoms with E-state index < -0.39 is 41.0 Å². The van der Waals surface area contributed by atoms with Gasteiger partial charge in [-0.15, -0.1) is 0 Å². The van der Waals surface area contributed by atoms with Gasteiger partial charge >= 0.3 is 6.18 Å². The summed E-state index contributed by atoms with van der Waals surface area (Å²) in [6.45, 7) is -0.0656. The Morgan fingerprint density at radius 2 is 1.97 bits per heavy atom. The van der Waals surface area contributed by atoms with Gasteiger partial charge in [-0.1, -0.05) is 11.6 Å². The summed E-state index contributed by atoms with van der Waals surface area (Å²) < 4.78 is 57.8. The lowest BCUT2D eigenvalue weighted by molar-refractivity contribution is -0.137. The van der Waals surface area contributed by atoms with Crippen molar-refractivity contribution in [2.45, 2.75) is 12.6 Å². The Labute approximate surface area is 168 Å². The molecule has 29 heavy (non-hydrogen) atoms. The molecule has 154 valence electrons. The zero-order valence-electron chi connectivity index (χ0n) is 15.0. The lowest BCUT2D eigenvalue weighted by atomic mass is 10.1. The highest BCUT2D eigenvalue weighted by Crippen LogP contribution is 2.37. The number of methoxy groups -OCH3 is 1. The smallest absolute Gasteiger partial charge is 0.418 e. The molecule has 5 nitrogen and oxygen atoms in total. The zero-order chi connectivity index (χ0) is 21.3. The molecule has 1 atom stereocenters. The average molecular weight is 431 g/mol. The van der Waals surface area contributed by atoms with E-state index in [1.807, 2.05) is 0 Å². The summed E-state index contributed by atoms with van der Waals surface area (Å²) in [4.78, 5) is 26.2. The van der Waals surface area contributed by atoms with Crippen LogP contribution < -0.4 is 15.0 Å². The van der Waals surface area contributed by atoms with Gasteiger partial charge in [0.05, 0.1) is 30.0 Å². The Kier molecular flexibility index (Phi) is 5.70. The molecular weight excluding hydrogens is 416 g/mol. The summed E-state index contributed by atoms with van der Waals surface area (Å²) in [5.74, 6) is -2.80. The molecule has 0 saturated carbocycles. The zero-order valence-corrected chi connectivity index (χ0v) is 15.8. The van der Waals surface area contributed by atoms with Crippen LogP contribution in [0.25, 0.3) is 0 Å². The number of ether oxygens (including phenoxy) is 1. The third kappa shape index (κ3) is 4.45. The molecule has 2 amide bonds. The molecule has 0 unspecified atom stereocenters. The fraction of sp³-hybridized carbons (Fsp3) is 0.263. The molecule has 1 saturated heterocycles. The summed E-state index contributed by atoms with van der Waals surface area (Å²) in [5, 5.41) is 2.51. The van der Waals surface area contributed by atoms with Gasteiger partial charge in [0, 0.05) is 18.0 Å². The Balaban J connectivity index is 1.81. The van der Waals surface area contributed by atoms with Crippen LogP contribution in [-0.4, -0.2) is 25.5 Å². The third-order valence-electron chi connectivity index (χ3n) is 4.47. The minimum atomic E-state index is -4.85. The van der Waals surface area contributed by atoms with Crippen LogP contribution in [0.4, 0.5) is 28.9 Å². The number of nitrogens with zero attached hydrogens (tertiary/aromatic N) is 1. The highest BCUT2D eigenvalue weighted by molar-refractivity contribution is 6.31. The Bertz CT molecular complexity index is 965. The Morgan fingerprint density at radius 1 is 1.24 bits per heavy atom. The lowest BCUT2D eigenvalue weighted by Crippen LogP contribution is -2.29. The lowest BCUT2D eigenvalue weighted by Gasteiger charge is -2.20. The van der Waals surface area contributed by atoms with Crippen LogP contribution in [0.3, 0.4) is 0 Å². The fourth-order valence-electron chi connectivity index (χ4n) is 3.08. The van der Waals surface area contributed by atoms with Crippen molar-refractivity contribution >= 4 is 34.8 Å². The fourth-order valence-corrected chi connectivity index (χ4v) is 3.25. The van der Waals surface area contributed by atoms with Gasteiger partial charge in [-0.25, -0.2) is 4.39 Å². The SMILES string of the molecule is COc1ccc(Cl)cc1N1C[C@@H](C(=O)Nc2ccc(F)cc2C(F)(F)F)CC1=O. The van der Waals surface area contributed by atoms with Crippen LogP contribution in [0.2, 0.25) is 5.02 Å². The van der Waals surface area contributed by atoms with E-state index in [1.165, 1.54) is 18.1 Å². The first-order chi connectivity index (χ1) is 13.6. The molecule has 0 aromatic heterocycles. The van der Waals surface area contributed by atoms with E-state index in [2.05, 4.69) is 5.32 Å². The number of hydrogen-bond acceptors (Lipinski definition) is 3. The van der Waals surface area contributed by atoms with Crippen molar-refractivity contribution in [1.82, 2.24) is 0 Å². The first-order valence-corrected chi connectivity index (χ1v) is 8.79. The Morgan fingerprint density at radius 3 is 2.62 bits per heavy atom. The van der Waals surface area contributed by atoms with Gasteiger partial charge in [-0.05, 0) is 36.4 Å². The highest BCUT2D eigenvalue weighted by atomic mass is 35.5. The molecule has 0 spiro atoms. The average Bonchev–Trinajstić information content (AvgIpc) is 3.04. The van der Waals surface area contributed by atoms with Gasteiger partial charge in [0.15, 0.2) is 0 Å². The van der Waals surface area contributed by atoms with E-state index >= 15 is 0 Å². The molecule has 1 aliphatic rings. The predicted octanol–water partition coefficient (Wildman–Crippen LogP) is 4.50. The van der Waals surface area contributed by atoms with E-state index in [4.69, 9.17) is 16.3 Å². The number of benzene rings is 2. The molecule has 1 aliphatic heterocycles. The van der Waals surface area contributed by atoms with Crippen molar-refractivity contribution < 1.29 is 31.9 Å². The molecule has 1 heterocycles. The quantitative estimate of drug-likeness (QED) is 0.727. The summed E-state index contributed by atoms with van der Waals surface area (Å²) in [6, 6.07) is 6.59. The minimum Gasteiger partial charge on any atom is -0.495 e. The maximum absolute atomic E-state index is 13.2. The number of amides is 2. The largest absolute Gasteiger partial charge is 0.495 e. The second-order valence-corrected chi connectivity index (χ2v) is 6.83. The van der Waals surface area contributed by atoms with Gasteiger partial charge in [0.25, 0.3) is 0 Å². The molecule has 0 radical (unpaired) electrons. The Hall–Kier alpha value is -2.81. The normalized spacial score (nSPS) is 16.8. The number of rotatable bonds is 4. The van der Waals surface area contributed by atoms with Gasteiger partial charge in [-0.3, -0.25) is 9.59 Å². The van der Waals surface area contributed by atoms with Gasteiger partial charge in [0.1, 0.15) is 11.6 Å². The monoisotopic (exact) mass is 430 g/mol. The summed E-state index contributed by atoms with van der Waals surface area (Å²) in [6.07, 6.45) is -5.06. The summed E-state index contributed by atoms with van der Waals surface area (Å²) in [5.41, 5.74) is -1.52. The van der Waals surface area contributed by atoms with Crippen molar-refractivity contribution in [3.05, 3.63) is 52.8 Å². The molecule has 2 aromatic carbocycles. The number of alkyl halides is 3. The molecular formula is C19H15ClF4N2O3. The minimum absolute atomic E-state index is 0.0656. The molecule has 1 N–H and O–H groups in total. The van der Waals surface area contributed by atoms with Crippen molar-refractivity contribution in [2.75, 3.05) is 23.9 Å². The number of carbonyl (C=O) groups is 2. The van der Waals surface area contributed by atoms with Crippen LogP contribution in [0.5, 0.6) is 5.75 Å². The van der Waals surface area contributed by atoms with Crippen LogP contribution in [-0.2, 0) is 15.8 Å². The van der Waals surface area contributed by atoms with Gasteiger partial charge in [0.2, 0.25) is 11.8 Å². The van der Waals surface area contributed by atoms with Crippen molar-refractivity contribution in [2.24, 2.45) is 5.92 Å². The molecule has 1 fully saturated rings. The first-order valence-electron chi connectivity index (χ1n) is 8.41. The molecule has 0 aliphatic carbocycles. The predicted molar refractivity (Wildman–Crippen MR) is 98.5 cm³/mol. The van der Waals surface area contributed by atoms with Crippen LogP contribution in [0.1, 0.15) is 12.0 Å². The second kappa shape index (κ2) is 7.90. The topological polar surface area (TPSA) is 58.6 Å². The van der Waals surface area contributed by atoms with E-state index in [-0.39, 0.29) is 13.0 Å². The summed E-state index contributed by atoms with van der Waals surface area (Å²) >= 11 is 5.97. The van der Waals surface area contributed by atoms with Crippen LogP contribution in [0, 0.1) is 11.7 Å². The molecule has 0 bridgehead atoms. The molecule has 3 rings (SSSR count). The van der Waals surface area contributed by atoms with Crippen LogP contribution in [0.15, 0.2) is 36.4 Å². The standard InChI is InChI=1S/C19H15ClF4N2O3/c1-29-16-5-2-11(20)7-15(16)26-9-10(6-17(26)27)18(28)25-14-4-3-12(21)8-13(14)19(22,23)24/h2-5,7-8,10H,6,9H2,1H3,(H,25,28)/t10-/m0/s1. The molecule has 10 heteroatoms. The van der Waals surface area contributed by atoms with E-state index in [9.17, 15) is 27.2 Å². The number of anilines is 2. The van der Waals surface area contributed by atoms with Crippen LogP contribution >= 0.6 is 11.6 Å². The number of nitrogens with one attached hydrogen (secondary N) is 1. The van der Waals surface area contributed by atoms with E-state index in [0.29, 0.717) is 22.5 Å². The third-order valence-corrected chi connectivity index (χ3v) is 4.71. The summed E-state index contributed by atoms with van der Waals surface area (Å²) in [7, 11) is 1.41. The maximum atomic E-state index is 13.2. The van der Waals surface area contributed by atoms with Crippen molar-refractivity contribution in [3.8, 4) is 5.75 Å². The van der Waals surface area contributed by atoms with E-state index in [0.717, 1.165) is 12.1 Å². The van der Waals surface area contributed by atoms with Crippen molar-refractivity contribution in [1.29, 1.82) is 0 Å². The number of halogens is 5. The maximum Gasteiger partial charge on any atom is 0.418 e. The number of hydrogen-bond donors (Lipinski definition) is 1. The van der Waals surface area contributed by atoms with Gasteiger partial charge < -0.3 is 15.0 Å². The van der Waals surface area contributed by atoms with Crippen molar-refractivity contribution in [3.63, 3.8) is 0 Å². The second-order valence-electron chi connectivity index (χ2n) is 6.40. The van der Waals surface area contributed by atoms with E-state index in [1.54, 1.807) is 12.1 Å². The highest BCUT2D eigenvalue weighted by Gasteiger charge is 2.38.